The lowest BCUT2D eigenvalue weighted by Crippen LogP contribution is -2.58. The van der Waals surface area contributed by atoms with Crippen molar-refractivity contribution < 1.29 is 24.2 Å². The second-order valence-electron chi connectivity index (χ2n) is 7.35. The van der Waals surface area contributed by atoms with E-state index >= 15 is 0 Å². The molecule has 0 aliphatic heterocycles. The van der Waals surface area contributed by atoms with Gasteiger partial charge < -0.3 is 19.4 Å². The van der Waals surface area contributed by atoms with Crippen molar-refractivity contribution in [1.82, 2.24) is 10.0 Å². The van der Waals surface area contributed by atoms with E-state index in [1.807, 2.05) is 57.3 Å². The van der Waals surface area contributed by atoms with Crippen LogP contribution in [0.5, 0.6) is 0 Å². The number of amides is 1. The number of hydrogen-bond donors (Lipinski definition) is 1. The van der Waals surface area contributed by atoms with Gasteiger partial charge in [-0.2, -0.15) is 0 Å². The summed E-state index contributed by atoms with van der Waals surface area (Å²) in [6.45, 7) is 8.84. The molecule has 31 heavy (non-hydrogen) atoms. The predicted octanol–water partition coefficient (Wildman–Crippen LogP) is 5.14. The number of aldehydes is 1. The molecule has 1 aromatic heterocycles. The van der Waals surface area contributed by atoms with Crippen LogP contribution in [0.15, 0.2) is 29.6 Å². The molecular formula is C23H34N2O5S. The summed E-state index contributed by atoms with van der Waals surface area (Å²) >= 11 is 1.62. The summed E-state index contributed by atoms with van der Waals surface area (Å²) in [6, 6.07) is 6.84. The van der Waals surface area contributed by atoms with Crippen LogP contribution < -0.4 is 0 Å². The molecule has 1 heterocycles. The molecule has 2 aromatic rings. The van der Waals surface area contributed by atoms with Crippen LogP contribution >= 0.6 is 11.3 Å². The number of fused-ring (bicyclic) bond motifs is 1. The van der Waals surface area contributed by atoms with Gasteiger partial charge in [-0.3, -0.25) is 0 Å². The number of unbranched alkanes of at least 4 members (excludes halogenated alkanes) is 1. The highest BCUT2D eigenvalue weighted by Gasteiger charge is 2.36. The summed E-state index contributed by atoms with van der Waals surface area (Å²) in [6.07, 6.45) is 1.05. The normalized spacial score (nSPS) is 13.6. The first-order valence-electron chi connectivity index (χ1n) is 10.9. The molecule has 7 nitrogen and oxygen atoms in total. The Balaban J connectivity index is 2.47. The third kappa shape index (κ3) is 6.49. The molecule has 172 valence electrons. The number of carbonyl (C=O) groups excluding carboxylic acids is 1. The maximum atomic E-state index is 12.4. The number of nitrogens with zero attached hydrogens (tertiary/aromatic N) is 2. The molecule has 0 aliphatic rings. The summed E-state index contributed by atoms with van der Waals surface area (Å²) in [5, 5.41) is 16.1. The second-order valence-corrected chi connectivity index (χ2v) is 8.26. The minimum Gasteiger partial charge on any atom is -0.464 e. The van der Waals surface area contributed by atoms with E-state index in [4.69, 9.17) is 9.47 Å². The van der Waals surface area contributed by atoms with Crippen LogP contribution in [0.2, 0.25) is 0 Å². The van der Waals surface area contributed by atoms with Crippen molar-refractivity contribution in [2.24, 2.45) is 0 Å². The van der Waals surface area contributed by atoms with Crippen LogP contribution in [0.4, 0.5) is 4.79 Å². The van der Waals surface area contributed by atoms with Crippen LogP contribution in [0, 0.1) is 0 Å². The zero-order chi connectivity index (χ0) is 22.8. The Kier molecular flexibility index (Phi) is 10.4. The number of thiophene rings is 1. The minimum absolute atomic E-state index is 0.324. The van der Waals surface area contributed by atoms with Gasteiger partial charge in [-0.05, 0) is 49.6 Å². The quantitative estimate of drug-likeness (QED) is 0.244. The molecule has 0 bridgehead atoms. The van der Waals surface area contributed by atoms with Crippen LogP contribution in [0.25, 0.3) is 10.1 Å². The Morgan fingerprint density at radius 3 is 2.45 bits per heavy atom. The van der Waals surface area contributed by atoms with Gasteiger partial charge in [0.25, 0.3) is 0 Å². The van der Waals surface area contributed by atoms with Crippen LogP contribution in [0.1, 0.15) is 52.5 Å². The number of hydrazine groups is 1. The van der Waals surface area contributed by atoms with Gasteiger partial charge in [-0.25, -0.2) is 14.8 Å². The molecule has 2 rings (SSSR count). The lowest BCUT2D eigenvalue weighted by Gasteiger charge is -2.42. The fourth-order valence-corrected chi connectivity index (χ4v) is 4.60. The molecule has 2 atom stereocenters. The van der Waals surface area contributed by atoms with E-state index < -0.39 is 24.5 Å². The van der Waals surface area contributed by atoms with Gasteiger partial charge in [0.05, 0.1) is 6.04 Å². The van der Waals surface area contributed by atoms with Gasteiger partial charge in [0, 0.05) is 24.5 Å². The summed E-state index contributed by atoms with van der Waals surface area (Å²) < 4.78 is 12.7. The van der Waals surface area contributed by atoms with Crippen molar-refractivity contribution in [3.05, 3.63) is 35.2 Å². The van der Waals surface area contributed by atoms with Gasteiger partial charge in [0.15, 0.2) is 6.29 Å². The highest BCUT2D eigenvalue weighted by Crippen LogP contribution is 2.29. The minimum atomic E-state index is -1.16. The van der Waals surface area contributed by atoms with Gasteiger partial charge in [0.2, 0.25) is 0 Å². The molecule has 0 fully saturated rings. The first-order valence-corrected chi connectivity index (χ1v) is 11.8. The number of carbonyl (C=O) groups is 2. The summed E-state index contributed by atoms with van der Waals surface area (Å²) in [7, 11) is 0. The molecule has 8 heteroatoms. The number of carboxylic acid groups (broad SMARTS) is 1. The topological polar surface area (TPSA) is 79.3 Å². The van der Waals surface area contributed by atoms with E-state index in [0.29, 0.717) is 26.2 Å². The first-order chi connectivity index (χ1) is 15.0. The Labute approximate surface area is 188 Å². The third-order valence-corrected chi connectivity index (χ3v) is 6.23. The molecular weight excluding hydrogens is 416 g/mol. The van der Waals surface area contributed by atoms with Gasteiger partial charge in [0.1, 0.15) is 12.3 Å². The fourth-order valence-electron chi connectivity index (χ4n) is 3.65. The highest BCUT2D eigenvalue weighted by molar-refractivity contribution is 7.17. The second kappa shape index (κ2) is 12.8. The summed E-state index contributed by atoms with van der Waals surface area (Å²) in [5.74, 6) is 0. The highest BCUT2D eigenvalue weighted by atomic mass is 32.1. The van der Waals surface area contributed by atoms with Gasteiger partial charge in [-0.15, -0.1) is 11.3 Å². The number of hydrogen-bond acceptors (Lipinski definition) is 6. The lowest BCUT2D eigenvalue weighted by atomic mass is 10.1. The largest absolute Gasteiger partial charge is 0.464 e. The average molecular weight is 451 g/mol. The summed E-state index contributed by atoms with van der Waals surface area (Å²) in [4.78, 5) is 24.3. The van der Waals surface area contributed by atoms with E-state index in [9.17, 15) is 14.7 Å². The van der Waals surface area contributed by atoms with E-state index in [1.165, 1.54) is 5.01 Å². The van der Waals surface area contributed by atoms with Crippen LogP contribution in [-0.2, 0) is 20.8 Å². The zero-order valence-electron chi connectivity index (χ0n) is 18.8. The van der Waals surface area contributed by atoms with Crippen LogP contribution in [-0.4, -0.2) is 59.1 Å². The van der Waals surface area contributed by atoms with Crippen molar-refractivity contribution in [3.8, 4) is 0 Å². The van der Waals surface area contributed by atoms with E-state index in [2.05, 4.69) is 0 Å². The van der Waals surface area contributed by atoms with E-state index in [0.717, 1.165) is 34.8 Å². The van der Waals surface area contributed by atoms with Crippen molar-refractivity contribution in [2.75, 3.05) is 13.2 Å². The average Bonchev–Trinajstić information content (AvgIpc) is 3.17. The molecule has 0 saturated carbocycles. The van der Waals surface area contributed by atoms with Crippen LogP contribution in [0.3, 0.4) is 0 Å². The van der Waals surface area contributed by atoms with Crippen molar-refractivity contribution in [3.63, 3.8) is 0 Å². The molecule has 1 N–H and O–H groups in total. The van der Waals surface area contributed by atoms with E-state index in [-0.39, 0.29) is 0 Å². The monoisotopic (exact) mass is 450 g/mol. The molecule has 0 spiro atoms. The molecule has 0 saturated heterocycles. The molecule has 1 amide bonds. The third-order valence-electron chi connectivity index (χ3n) is 5.22. The molecule has 0 radical (unpaired) electrons. The SMILES string of the molecule is CCCCC(C=O)N(C(=O)O)N(Cc1csc2ccccc12)C(C)C(OCC)OCC. The van der Waals surface area contributed by atoms with Crippen molar-refractivity contribution in [2.45, 2.75) is 71.9 Å². The van der Waals surface area contributed by atoms with Crippen molar-refractivity contribution in [1.29, 1.82) is 0 Å². The van der Waals surface area contributed by atoms with E-state index in [1.54, 1.807) is 16.3 Å². The van der Waals surface area contributed by atoms with Gasteiger partial charge >= 0.3 is 6.09 Å². The number of ether oxygens (including phenoxy) is 2. The maximum Gasteiger partial charge on any atom is 0.422 e. The predicted molar refractivity (Wildman–Crippen MR) is 123 cm³/mol. The smallest absolute Gasteiger partial charge is 0.422 e. The Bertz CT molecular complexity index is 821. The number of benzene rings is 1. The van der Waals surface area contributed by atoms with Gasteiger partial charge in [-0.1, -0.05) is 38.0 Å². The Morgan fingerprint density at radius 2 is 1.87 bits per heavy atom. The lowest BCUT2D eigenvalue weighted by molar-refractivity contribution is -0.204. The maximum absolute atomic E-state index is 12.4. The Morgan fingerprint density at radius 1 is 1.19 bits per heavy atom. The number of rotatable bonds is 14. The molecule has 2 unspecified atom stereocenters. The molecule has 1 aromatic carbocycles. The summed E-state index contributed by atoms with van der Waals surface area (Å²) in [5.41, 5.74) is 1.01. The fraction of sp³-hybridized carbons (Fsp3) is 0.565. The molecule has 0 aliphatic carbocycles. The first kappa shape index (κ1) is 25.3. The van der Waals surface area contributed by atoms with Crippen molar-refractivity contribution >= 4 is 33.8 Å². The zero-order valence-corrected chi connectivity index (χ0v) is 19.6. The Hall–Kier alpha value is -2.00. The standard InChI is InChI=1S/C23H34N2O5S/c1-5-8-11-19(15-26)25(23(27)28)24(17(4)22(29-6-2)30-7-3)14-18-16-31-21-13-10-9-12-20(18)21/h9-10,12-13,15-17,19,22H,5-8,11,14H2,1-4H3,(H,27,28).